The molecule has 2 aromatic rings. The standard InChI is InChI=1S/C19H24F2N2O5S/c1-3-26-18-12-14(4-9-17(18)28-19(20)21)13-23(2)10-11-27-15-5-7-16(8-6-15)29(22,24)25/h4-9,12,19H,3,10-11,13H2,1-2H3,(H2,22,24,25). The van der Waals surface area contributed by atoms with Crippen molar-refractivity contribution in [2.75, 3.05) is 26.8 Å². The van der Waals surface area contributed by atoms with Crippen molar-refractivity contribution in [3.05, 3.63) is 48.0 Å². The van der Waals surface area contributed by atoms with E-state index in [2.05, 4.69) is 4.74 Å². The fourth-order valence-electron chi connectivity index (χ4n) is 2.55. The number of halogens is 2. The van der Waals surface area contributed by atoms with E-state index in [1.165, 1.54) is 30.3 Å². The number of ether oxygens (including phenoxy) is 3. The molecular weight excluding hydrogens is 406 g/mol. The van der Waals surface area contributed by atoms with Crippen LogP contribution in [-0.4, -0.2) is 46.7 Å². The van der Waals surface area contributed by atoms with Crippen molar-refractivity contribution in [3.8, 4) is 17.2 Å². The average Bonchev–Trinajstić information content (AvgIpc) is 2.63. The van der Waals surface area contributed by atoms with Gasteiger partial charge in [-0.15, -0.1) is 0 Å². The molecule has 0 atom stereocenters. The van der Waals surface area contributed by atoms with Crippen LogP contribution in [0.3, 0.4) is 0 Å². The first-order valence-corrected chi connectivity index (χ1v) is 10.4. The van der Waals surface area contributed by atoms with Gasteiger partial charge in [0.25, 0.3) is 0 Å². The summed E-state index contributed by atoms with van der Waals surface area (Å²) in [5.74, 6) is 0.794. The molecule has 7 nitrogen and oxygen atoms in total. The van der Waals surface area contributed by atoms with Gasteiger partial charge < -0.3 is 14.2 Å². The highest BCUT2D eigenvalue weighted by Crippen LogP contribution is 2.30. The van der Waals surface area contributed by atoms with Gasteiger partial charge in [0.05, 0.1) is 11.5 Å². The summed E-state index contributed by atoms with van der Waals surface area (Å²) < 4.78 is 62.9. The number of nitrogens with zero attached hydrogens (tertiary/aromatic N) is 1. The molecule has 0 saturated carbocycles. The van der Waals surface area contributed by atoms with Gasteiger partial charge in [-0.05, 0) is 55.9 Å². The van der Waals surface area contributed by atoms with E-state index in [-0.39, 0.29) is 16.4 Å². The predicted molar refractivity (Wildman–Crippen MR) is 104 cm³/mol. The number of hydrogen-bond acceptors (Lipinski definition) is 6. The monoisotopic (exact) mass is 430 g/mol. The maximum absolute atomic E-state index is 12.5. The number of likely N-dealkylation sites (N-methyl/N-ethyl adjacent to an activating group) is 1. The third kappa shape index (κ3) is 7.48. The maximum atomic E-state index is 12.5. The molecule has 0 spiro atoms. The summed E-state index contributed by atoms with van der Waals surface area (Å²) in [5, 5.41) is 5.05. The molecule has 2 N–H and O–H groups in total. The quantitative estimate of drug-likeness (QED) is 0.590. The second-order valence-corrected chi connectivity index (χ2v) is 7.76. The SMILES string of the molecule is CCOc1cc(CN(C)CCOc2ccc(S(N)(=O)=O)cc2)ccc1OC(F)F. The molecule has 0 radical (unpaired) electrons. The number of hydrogen-bond donors (Lipinski definition) is 1. The molecule has 0 aromatic heterocycles. The van der Waals surface area contributed by atoms with Crippen LogP contribution in [-0.2, 0) is 16.6 Å². The zero-order valence-electron chi connectivity index (χ0n) is 16.2. The maximum Gasteiger partial charge on any atom is 0.387 e. The zero-order valence-corrected chi connectivity index (χ0v) is 17.0. The van der Waals surface area contributed by atoms with Gasteiger partial charge in [0.1, 0.15) is 12.4 Å². The minimum Gasteiger partial charge on any atom is -0.492 e. The van der Waals surface area contributed by atoms with Crippen molar-refractivity contribution in [3.63, 3.8) is 0 Å². The molecule has 2 rings (SSSR count). The number of benzene rings is 2. The van der Waals surface area contributed by atoms with Crippen molar-refractivity contribution in [2.24, 2.45) is 5.14 Å². The Morgan fingerprint density at radius 2 is 1.76 bits per heavy atom. The van der Waals surface area contributed by atoms with E-state index in [1.54, 1.807) is 19.1 Å². The first kappa shape index (κ1) is 22.9. The van der Waals surface area contributed by atoms with Crippen molar-refractivity contribution in [1.29, 1.82) is 0 Å². The predicted octanol–water partition coefficient (Wildman–Crippen LogP) is 2.84. The summed E-state index contributed by atoms with van der Waals surface area (Å²) in [6.07, 6.45) is 0. The summed E-state index contributed by atoms with van der Waals surface area (Å²) >= 11 is 0. The fourth-order valence-corrected chi connectivity index (χ4v) is 3.06. The minimum atomic E-state index is -3.73. The van der Waals surface area contributed by atoms with Crippen molar-refractivity contribution in [2.45, 2.75) is 25.0 Å². The lowest BCUT2D eigenvalue weighted by atomic mass is 10.2. The summed E-state index contributed by atoms with van der Waals surface area (Å²) in [4.78, 5) is 2.00. The van der Waals surface area contributed by atoms with E-state index >= 15 is 0 Å². The molecule has 0 aliphatic heterocycles. The highest BCUT2D eigenvalue weighted by Gasteiger charge is 2.12. The van der Waals surface area contributed by atoms with Gasteiger partial charge in [-0.3, -0.25) is 4.90 Å². The molecule has 160 valence electrons. The van der Waals surface area contributed by atoms with Crippen molar-refractivity contribution in [1.82, 2.24) is 4.90 Å². The topological polar surface area (TPSA) is 91.1 Å². The van der Waals surface area contributed by atoms with E-state index in [1.807, 2.05) is 11.9 Å². The highest BCUT2D eigenvalue weighted by atomic mass is 32.2. The lowest BCUT2D eigenvalue weighted by molar-refractivity contribution is -0.0514. The minimum absolute atomic E-state index is 0.000438. The number of primary sulfonamides is 1. The lowest BCUT2D eigenvalue weighted by Crippen LogP contribution is -2.24. The smallest absolute Gasteiger partial charge is 0.387 e. The Kier molecular flexibility index (Phi) is 8.18. The molecule has 10 heteroatoms. The van der Waals surface area contributed by atoms with Crippen LogP contribution in [0.2, 0.25) is 0 Å². The molecule has 0 amide bonds. The Hall–Kier alpha value is -2.43. The highest BCUT2D eigenvalue weighted by molar-refractivity contribution is 7.89. The average molecular weight is 430 g/mol. The van der Waals surface area contributed by atoms with Gasteiger partial charge >= 0.3 is 6.61 Å². The first-order valence-electron chi connectivity index (χ1n) is 8.83. The third-order valence-electron chi connectivity index (χ3n) is 3.87. The van der Waals surface area contributed by atoms with E-state index in [0.717, 1.165) is 5.56 Å². The number of sulfonamides is 1. The Morgan fingerprint density at radius 1 is 1.07 bits per heavy atom. The zero-order chi connectivity index (χ0) is 21.4. The summed E-state index contributed by atoms with van der Waals surface area (Å²) in [6, 6.07) is 10.7. The molecule has 0 unspecified atom stereocenters. The van der Waals surface area contributed by atoms with Crippen LogP contribution in [0.25, 0.3) is 0 Å². The van der Waals surface area contributed by atoms with Gasteiger partial charge in [0, 0.05) is 13.1 Å². The molecular formula is C19H24F2N2O5S. The van der Waals surface area contributed by atoms with Crippen LogP contribution in [0.1, 0.15) is 12.5 Å². The molecule has 2 aromatic carbocycles. The Balaban J connectivity index is 1.88. The van der Waals surface area contributed by atoms with Gasteiger partial charge in [-0.25, -0.2) is 13.6 Å². The molecule has 0 heterocycles. The van der Waals surface area contributed by atoms with Crippen LogP contribution in [0.4, 0.5) is 8.78 Å². The fraction of sp³-hybridized carbons (Fsp3) is 0.368. The Labute approximate surface area is 169 Å². The van der Waals surface area contributed by atoms with Gasteiger partial charge in [0.15, 0.2) is 11.5 Å². The normalized spacial score (nSPS) is 11.7. The molecule has 0 fully saturated rings. The molecule has 0 bridgehead atoms. The van der Waals surface area contributed by atoms with Crippen molar-refractivity contribution >= 4 is 10.0 Å². The largest absolute Gasteiger partial charge is 0.492 e. The van der Waals surface area contributed by atoms with E-state index in [9.17, 15) is 17.2 Å². The summed E-state index contributed by atoms with van der Waals surface area (Å²) in [7, 11) is -1.84. The van der Waals surface area contributed by atoms with Crippen molar-refractivity contribution < 1.29 is 31.4 Å². The lowest BCUT2D eigenvalue weighted by Gasteiger charge is -2.18. The summed E-state index contributed by atoms with van der Waals surface area (Å²) in [6.45, 7) is 0.669. The number of nitrogens with two attached hydrogens (primary N) is 1. The van der Waals surface area contributed by atoms with Crippen LogP contribution in [0.15, 0.2) is 47.4 Å². The Bertz CT molecular complexity index is 892. The van der Waals surface area contributed by atoms with Gasteiger partial charge in [-0.1, -0.05) is 6.07 Å². The second-order valence-electron chi connectivity index (χ2n) is 6.20. The van der Waals surface area contributed by atoms with Crippen LogP contribution < -0.4 is 19.3 Å². The van der Waals surface area contributed by atoms with Crippen LogP contribution >= 0.6 is 0 Å². The number of alkyl halides is 2. The molecule has 0 saturated heterocycles. The molecule has 29 heavy (non-hydrogen) atoms. The second kappa shape index (κ2) is 10.4. The number of rotatable bonds is 11. The van der Waals surface area contributed by atoms with Crippen LogP contribution in [0.5, 0.6) is 17.2 Å². The van der Waals surface area contributed by atoms with Gasteiger partial charge in [-0.2, -0.15) is 8.78 Å². The molecule has 0 aliphatic rings. The van der Waals surface area contributed by atoms with E-state index < -0.39 is 16.6 Å². The van der Waals surface area contributed by atoms with Gasteiger partial charge in [0.2, 0.25) is 10.0 Å². The van der Waals surface area contributed by atoms with E-state index in [0.29, 0.717) is 32.1 Å². The summed E-state index contributed by atoms with van der Waals surface area (Å²) in [5.41, 5.74) is 0.870. The first-order chi connectivity index (χ1) is 13.7. The Morgan fingerprint density at radius 3 is 2.34 bits per heavy atom. The third-order valence-corrected chi connectivity index (χ3v) is 4.80. The van der Waals surface area contributed by atoms with E-state index in [4.69, 9.17) is 14.6 Å². The van der Waals surface area contributed by atoms with Crippen LogP contribution in [0, 0.1) is 0 Å². The molecule has 0 aliphatic carbocycles.